The van der Waals surface area contributed by atoms with E-state index in [1.807, 2.05) is 42.5 Å². The molecule has 4 heteroatoms. The van der Waals surface area contributed by atoms with Crippen molar-refractivity contribution in [1.29, 1.82) is 0 Å². The van der Waals surface area contributed by atoms with E-state index in [0.717, 1.165) is 11.1 Å². The normalized spacial score (nSPS) is 10.5. The molecule has 0 aliphatic heterocycles. The first-order valence-electron chi connectivity index (χ1n) is 5.47. The molecule has 1 aromatic carbocycles. The van der Waals surface area contributed by atoms with Gasteiger partial charge in [0.25, 0.3) is 0 Å². The van der Waals surface area contributed by atoms with Gasteiger partial charge in [-0.25, -0.2) is 0 Å². The van der Waals surface area contributed by atoms with E-state index in [4.69, 9.17) is 16.0 Å². The van der Waals surface area contributed by atoms with Crippen molar-refractivity contribution >= 4 is 11.6 Å². The third-order valence-corrected chi connectivity index (χ3v) is 2.81. The number of aromatic nitrogens is 2. The second kappa shape index (κ2) is 4.63. The minimum Gasteiger partial charge on any atom is -0.434 e. The lowest BCUT2D eigenvalue weighted by atomic mass is 10.2. The molecule has 0 saturated heterocycles. The van der Waals surface area contributed by atoms with Crippen LogP contribution in [0.1, 0.15) is 0 Å². The Morgan fingerprint density at radius 3 is 2.33 bits per heavy atom. The molecule has 18 heavy (non-hydrogen) atoms. The Balaban J connectivity index is 2.07. The van der Waals surface area contributed by atoms with Crippen LogP contribution in [-0.4, -0.2) is 9.97 Å². The van der Waals surface area contributed by atoms with E-state index in [-0.39, 0.29) is 0 Å². The van der Waals surface area contributed by atoms with Gasteiger partial charge in [-0.15, -0.1) is 0 Å². The van der Waals surface area contributed by atoms with Crippen LogP contribution >= 0.6 is 11.6 Å². The van der Waals surface area contributed by atoms with Crippen molar-refractivity contribution in [3.05, 3.63) is 60.0 Å². The molecule has 0 N–H and O–H groups in total. The molecular weight excluding hydrogens is 248 g/mol. The van der Waals surface area contributed by atoms with Crippen LogP contribution in [0.4, 0.5) is 0 Å². The minimum atomic E-state index is 0.369. The molecule has 0 fully saturated rings. The van der Waals surface area contributed by atoms with Crippen molar-refractivity contribution in [2.75, 3.05) is 0 Å². The Morgan fingerprint density at radius 1 is 0.889 bits per heavy atom. The van der Waals surface area contributed by atoms with Gasteiger partial charge in [0.2, 0.25) is 5.89 Å². The zero-order valence-corrected chi connectivity index (χ0v) is 10.1. The van der Waals surface area contributed by atoms with Gasteiger partial charge in [0.1, 0.15) is 0 Å². The Morgan fingerprint density at radius 2 is 1.61 bits per heavy atom. The van der Waals surface area contributed by atoms with Crippen molar-refractivity contribution in [1.82, 2.24) is 9.97 Å². The predicted molar refractivity (Wildman–Crippen MR) is 70.2 cm³/mol. The van der Waals surface area contributed by atoms with Crippen molar-refractivity contribution in [3.63, 3.8) is 0 Å². The van der Waals surface area contributed by atoms with Crippen LogP contribution in [0.5, 0.6) is 0 Å². The van der Waals surface area contributed by atoms with Crippen LogP contribution in [0.15, 0.2) is 59.3 Å². The van der Waals surface area contributed by atoms with E-state index in [1.54, 1.807) is 12.4 Å². The fraction of sp³-hybridized carbons (Fsp3) is 0. The second-order valence-corrected chi connectivity index (χ2v) is 4.10. The SMILES string of the molecule is Clc1nc(-c2ccncc2)oc1-c1ccccc1. The topological polar surface area (TPSA) is 38.9 Å². The Hall–Kier alpha value is -2.13. The van der Waals surface area contributed by atoms with Gasteiger partial charge in [-0.05, 0) is 12.1 Å². The third-order valence-electron chi connectivity index (χ3n) is 2.55. The first-order valence-corrected chi connectivity index (χ1v) is 5.84. The van der Waals surface area contributed by atoms with Gasteiger partial charge in [0.05, 0.1) is 0 Å². The molecule has 2 aromatic heterocycles. The lowest BCUT2D eigenvalue weighted by Gasteiger charge is -1.95. The van der Waals surface area contributed by atoms with Crippen LogP contribution < -0.4 is 0 Å². The molecule has 3 nitrogen and oxygen atoms in total. The van der Waals surface area contributed by atoms with E-state index < -0.39 is 0 Å². The highest BCUT2D eigenvalue weighted by Gasteiger charge is 2.14. The lowest BCUT2D eigenvalue weighted by Crippen LogP contribution is -1.76. The molecule has 0 unspecified atom stereocenters. The molecule has 2 heterocycles. The Bertz CT molecular complexity index is 650. The quantitative estimate of drug-likeness (QED) is 0.694. The van der Waals surface area contributed by atoms with E-state index in [9.17, 15) is 0 Å². The van der Waals surface area contributed by atoms with Crippen LogP contribution in [0.25, 0.3) is 22.8 Å². The van der Waals surface area contributed by atoms with E-state index in [1.165, 1.54) is 0 Å². The number of nitrogens with zero attached hydrogens (tertiary/aromatic N) is 2. The fourth-order valence-electron chi connectivity index (χ4n) is 1.69. The molecule has 0 spiro atoms. The summed E-state index contributed by atoms with van der Waals surface area (Å²) >= 11 is 6.11. The summed E-state index contributed by atoms with van der Waals surface area (Å²) in [5.41, 5.74) is 1.77. The predicted octanol–water partition coefficient (Wildman–Crippen LogP) is 4.06. The molecular formula is C14H9ClN2O. The van der Waals surface area contributed by atoms with Crippen molar-refractivity contribution in [3.8, 4) is 22.8 Å². The summed E-state index contributed by atoms with van der Waals surface area (Å²) in [4.78, 5) is 8.18. The maximum Gasteiger partial charge on any atom is 0.228 e. The molecule has 0 aliphatic rings. The minimum absolute atomic E-state index is 0.369. The molecule has 0 saturated carbocycles. The Labute approximate surface area is 109 Å². The number of halogens is 1. The maximum absolute atomic E-state index is 6.11. The standard InChI is InChI=1S/C14H9ClN2O/c15-13-12(10-4-2-1-3-5-10)18-14(17-13)11-6-8-16-9-7-11/h1-9H. The summed E-state index contributed by atoms with van der Waals surface area (Å²) in [5.74, 6) is 1.09. The van der Waals surface area contributed by atoms with E-state index in [2.05, 4.69) is 9.97 Å². The van der Waals surface area contributed by atoms with Gasteiger partial charge < -0.3 is 4.42 Å². The highest BCUT2D eigenvalue weighted by atomic mass is 35.5. The number of pyridine rings is 1. The van der Waals surface area contributed by atoms with Crippen LogP contribution in [0.2, 0.25) is 5.15 Å². The van der Waals surface area contributed by atoms with E-state index >= 15 is 0 Å². The van der Waals surface area contributed by atoms with Crippen molar-refractivity contribution in [2.45, 2.75) is 0 Å². The molecule has 0 radical (unpaired) electrons. The first kappa shape index (κ1) is 11.0. The molecule has 0 aliphatic carbocycles. The van der Waals surface area contributed by atoms with Crippen LogP contribution in [0, 0.1) is 0 Å². The summed E-state index contributed by atoms with van der Waals surface area (Å²) in [6.45, 7) is 0. The lowest BCUT2D eigenvalue weighted by molar-refractivity contribution is 0.589. The highest BCUT2D eigenvalue weighted by molar-refractivity contribution is 6.31. The summed E-state index contributed by atoms with van der Waals surface area (Å²) in [7, 11) is 0. The van der Waals surface area contributed by atoms with Gasteiger partial charge in [0, 0.05) is 23.5 Å². The van der Waals surface area contributed by atoms with Gasteiger partial charge in [-0.1, -0.05) is 41.9 Å². The second-order valence-electron chi connectivity index (χ2n) is 3.74. The largest absolute Gasteiger partial charge is 0.434 e. The maximum atomic E-state index is 6.11. The number of hydrogen-bond donors (Lipinski definition) is 0. The third kappa shape index (κ3) is 2.00. The van der Waals surface area contributed by atoms with Gasteiger partial charge >= 0.3 is 0 Å². The number of rotatable bonds is 2. The monoisotopic (exact) mass is 256 g/mol. The molecule has 0 atom stereocenters. The van der Waals surface area contributed by atoms with Crippen LogP contribution in [-0.2, 0) is 0 Å². The molecule has 88 valence electrons. The summed E-state index contributed by atoms with van der Waals surface area (Å²) in [6, 6.07) is 13.3. The molecule has 0 amide bonds. The summed E-state index contributed by atoms with van der Waals surface area (Å²) in [5, 5.41) is 0.369. The zero-order valence-electron chi connectivity index (χ0n) is 9.38. The van der Waals surface area contributed by atoms with Gasteiger partial charge in [-0.2, -0.15) is 4.98 Å². The number of oxazole rings is 1. The van der Waals surface area contributed by atoms with Crippen LogP contribution in [0.3, 0.4) is 0 Å². The number of benzene rings is 1. The smallest absolute Gasteiger partial charge is 0.228 e. The average Bonchev–Trinajstić information content (AvgIpc) is 2.83. The molecule has 3 rings (SSSR count). The van der Waals surface area contributed by atoms with Gasteiger partial charge in [0.15, 0.2) is 10.9 Å². The zero-order chi connectivity index (χ0) is 12.4. The summed E-state index contributed by atoms with van der Waals surface area (Å²) in [6.07, 6.45) is 3.38. The van der Waals surface area contributed by atoms with Crippen molar-refractivity contribution < 1.29 is 4.42 Å². The summed E-state index contributed by atoms with van der Waals surface area (Å²) < 4.78 is 5.72. The first-order chi connectivity index (χ1) is 8.84. The molecule has 3 aromatic rings. The Kier molecular flexibility index (Phi) is 2.82. The molecule has 0 bridgehead atoms. The highest BCUT2D eigenvalue weighted by Crippen LogP contribution is 2.32. The van der Waals surface area contributed by atoms with Crippen molar-refractivity contribution in [2.24, 2.45) is 0 Å². The fourth-order valence-corrected chi connectivity index (χ4v) is 1.91. The number of hydrogen-bond acceptors (Lipinski definition) is 3. The van der Waals surface area contributed by atoms with E-state index in [0.29, 0.717) is 16.8 Å². The van der Waals surface area contributed by atoms with Gasteiger partial charge in [-0.3, -0.25) is 4.98 Å². The average molecular weight is 257 g/mol.